The average Bonchev–Trinajstić information content (AvgIpc) is 2.92. The smallest absolute Gasteiger partial charge is 0.319 e. The maximum atomic E-state index is 12.5. The van der Waals surface area contributed by atoms with Crippen LogP contribution in [-0.4, -0.2) is 27.2 Å². The quantitative estimate of drug-likeness (QED) is 0.598. The Kier molecular flexibility index (Phi) is 3.62. The van der Waals surface area contributed by atoms with Crippen LogP contribution < -0.4 is 5.32 Å². The lowest BCUT2D eigenvalue weighted by atomic mass is 9.76. The SMILES string of the molecule is O=C(O)[C@]1(C(=O)Nc2n[nH]c3c(Cl)cccc23)CC=CCC1. The normalized spacial score (nSPS) is 21.0. The number of amides is 1. The van der Waals surface area contributed by atoms with Crippen molar-refractivity contribution in [2.24, 2.45) is 5.41 Å². The Morgan fingerprint density at radius 3 is 2.86 bits per heavy atom. The van der Waals surface area contributed by atoms with E-state index in [-0.39, 0.29) is 18.7 Å². The van der Waals surface area contributed by atoms with Crippen molar-refractivity contribution in [3.05, 3.63) is 35.4 Å². The van der Waals surface area contributed by atoms with Gasteiger partial charge >= 0.3 is 5.97 Å². The van der Waals surface area contributed by atoms with Crippen LogP contribution in [0, 0.1) is 5.41 Å². The second-order valence-corrected chi connectivity index (χ2v) is 5.70. The summed E-state index contributed by atoms with van der Waals surface area (Å²) in [6.07, 6.45) is 4.63. The Labute approximate surface area is 131 Å². The second-order valence-electron chi connectivity index (χ2n) is 5.29. The van der Waals surface area contributed by atoms with Gasteiger partial charge in [0.2, 0.25) is 5.91 Å². The molecule has 0 radical (unpaired) electrons. The predicted octanol–water partition coefficient (Wildman–Crippen LogP) is 2.97. The molecule has 1 aromatic carbocycles. The summed E-state index contributed by atoms with van der Waals surface area (Å²) in [5, 5.41) is 20.0. The van der Waals surface area contributed by atoms with Crippen molar-refractivity contribution in [1.82, 2.24) is 10.2 Å². The van der Waals surface area contributed by atoms with Crippen LogP contribution in [0.2, 0.25) is 5.02 Å². The van der Waals surface area contributed by atoms with Crippen molar-refractivity contribution in [3.8, 4) is 0 Å². The number of allylic oxidation sites excluding steroid dienone is 2. The number of aromatic amines is 1. The molecule has 1 aromatic heterocycles. The zero-order valence-corrected chi connectivity index (χ0v) is 12.4. The molecule has 2 aromatic rings. The molecule has 3 rings (SSSR count). The summed E-state index contributed by atoms with van der Waals surface area (Å²) in [6.45, 7) is 0. The molecule has 6 nitrogen and oxygen atoms in total. The summed E-state index contributed by atoms with van der Waals surface area (Å²) in [6, 6.07) is 5.21. The minimum absolute atomic E-state index is 0.178. The zero-order valence-electron chi connectivity index (χ0n) is 11.6. The number of aliphatic carboxylic acids is 1. The molecule has 1 aliphatic rings. The first-order chi connectivity index (χ1) is 10.5. The van der Waals surface area contributed by atoms with Crippen LogP contribution in [0.5, 0.6) is 0 Å². The van der Waals surface area contributed by atoms with E-state index in [9.17, 15) is 14.7 Å². The van der Waals surface area contributed by atoms with Crippen molar-refractivity contribution < 1.29 is 14.7 Å². The fraction of sp³-hybridized carbons (Fsp3) is 0.267. The highest BCUT2D eigenvalue weighted by atomic mass is 35.5. The van der Waals surface area contributed by atoms with E-state index in [0.717, 1.165) is 0 Å². The number of rotatable bonds is 3. The molecule has 0 unspecified atom stereocenters. The highest BCUT2D eigenvalue weighted by molar-refractivity contribution is 6.35. The van der Waals surface area contributed by atoms with E-state index in [2.05, 4.69) is 15.5 Å². The topological polar surface area (TPSA) is 95.1 Å². The molecule has 1 aliphatic carbocycles. The maximum Gasteiger partial charge on any atom is 0.319 e. The van der Waals surface area contributed by atoms with Crippen molar-refractivity contribution in [1.29, 1.82) is 0 Å². The number of carbonyl (C=O) groups excluding carboxylic acids is 1. The van der Waals surface area contributed by atoms with Crippen molar-refractivity contribution in [2.45, 2.75) is 19.3 Å². The van der Waals surface area contributed by atoms with E-state index in [0.29, 0.717) is 22.3 Å². The molecular formula is C15H14ClN3O3. The Morgan fingerprint density at radius 1 is 1.36 bits per heavy atom. The van der Waals surface area contributed by atoms with Gasteiger partial charge in [-0.05, 0) is 31.4 Å². The highest BCUT2D eigenvalue weighted by Gasteiger charge is 2.46. The van der Waals surface area contributed by atoms with Crippen molar-refractivity contribution >= 4 is 40.2 Å². The van der Waals surface area contributed by atoms with Crippen molar-refractivity contribution in [3.63, 3.8) is 0 Å². The molecule has 1 atom stereocenters. The van der Waals surface area contributed by atoms with E-state index in [1.165, 1.54) is 0 Å². The van der Waals surface area contributed by atoms with Gasteiger partial charge in [0.15, 0.2) is 11.2 Å². The number of hydrogen-bond acceptors (Lipinski definition) is 3. The average molecular weight is 320 g/mol. The van der Waals surface area contributed by atoms with Gasteiger partial charge in [-0.25, -0.2) is 0 Å². The second kappa shape index (κ2) is 5.46. The number of halogens is 1. The largest absolute Gasteiger partial charge is 0.480 e. The van der Waals surface area contributed by atoms with Crippen LogP contribution in [0.15, 0.2) is 30.4 Å². The lowest BCUT2D eigenvalue weighted by Crippen LogP contribution is -2.43. The molecule has 0 spiro atoms. The number of hydrogen-bond donors (Lipinski definition) is 3. The number of carboxylic acids is 1. The Morgan fingerprint density at radius 2 is 2.18 bits per heavy atom. The van der Waals surface area contributed by atoms with Gasteiger partial charge in [-0.3, -0.25) is 14.7 Å². The molecule has 0 saturated carbocycles. The molecule has 0 fully saturated rings. The van der Waals surface area contributed by atoms with Gasteiger partial charge in [0.05, 0.1) is 10.5 Å². The number of anilines is 1. The van der Waals surface area contributed by atoms with Crippen LogP contribution in [0.25, 0.3) is 10.9 Å². The fourth-order valence-corrected chi connectivity index (χ4v) is 2.88. The number of H-pyrrole nitrogens is 1. The summed E-state index contributed by atoms with van der Waals surface area (Å²) in [4.78, 5) is 24.2. The third-order valence-corrected chi connectivity index (χ3v) is 4.31. The number of fused-ring (bicyclic) bond motifs is 1. The van der Waals surface area contributed by atoms with Crippen LogP contribution in [0.1, 0.15) is 19.3 Å². The summed E-state index contributed by atoms with van der Waals surface area (Å²) >= 11 is 6.05. The first-order valence-electron chi connectivity index (χ1n) is 6.87. The Balaban J connectivity index is 1.94. The van der Waals surface area contributed by atoms with Crippen molar-refractivity contribution in [2.75, 3.05) is 5.32 Å². The minimum Gasteiger partial charge on any atom is -0.480 e. The minimum atomic E-state index is -1.45. The van der Waals surface area contributed by atoms with Gasteiger partial charge in [-0.1, -0.05) is 29.8 Å². The molecule has 0 bridgehead atoms. The predicted molar refractivity (Wildman–Crippen MR) is 82.8 cm³/mol. The highest BCUT2D eigenvalue weighted by Crippen LogP contribution is 2.35. The van der Waals surface area contributed by atoms with E-state index in [1.54, 1.807) is 24.3 Å². The molecule has 7 heteroatoms. The fourth-order valence-electron chi connectivity index (χ4n) is 2.66. The third-order valence-electron chi connectivity index (χ3n) is 3.99. The van der Waals surface area contributed by atoms with E-state index < -0.39 is 17.3 Å². The number of aromatic nitrogens is 2. The number of carboxylic acid groups (broad SMARTS) is 1. The van der Waals surface area contributed by atoms with E-state index >= 15 is 0 Å². The standard InChI is InChI=1S/C15H14ClN3O3/c16-10-6-4-5-9-11(10)18-19-12(9)17-13(20)15(14(21)22)7-2-1-3-8-15/h1-2,4-6H,3,7-8H2,(H,21,22)(H2,17,18,19,20)/t15-/m1/s1. The number of para-hydroxylation sites is 1. The molecular weight excluding hydrogens is 306 g/mol. The molecule has 1 heterocycles. The number of carbonyl (C=O) groups is 2. The van der Waals surface area contributed by atoms with E-state index in [4.69, 9.17) is 11.6 Å². The third kappa shape index (κ3) is 2.25. The lowest BCUT2D eigenvalue weighted by Gasteiger charge is -2.28. The molecule has 3 N–H and O–H groups in total. The number of nitrogens with zero attached hydrogens (tertiary/aromatic N) is 1. The summed E-state index contributed by atoms with van der Waals surface area (Å²) in [5.74, 6) is -1.39. The monoisotopic (exact) mass is 319 g/mol. The summed E-state index contributed by atoms with van der Waals surface area (Å²) in [5.41, 5.74) is -0.842. The van der Waals surface area contributed by atoms with Gasteiger partial charge in [0.25, 0.3) is 0 Å². The van der Waals surface area contributed by atoms with Gasteiger partial charge < -0.3 is 10.4 Å². The lowest BCUT2D eigenvalue weighted by molar-refractivity contribution is -0.154. The van der Waals surface area contributed by atoms with Gasteiger partial charge in [0, 0.05) is 5.39 Å². The first-order valence-corrected chi connectivity index (χ1v) is 7.25. The number of benzene rings is 1. The maximum absolute atomic E-state index is 12.5. The molecule has 1 amide bonds. The van der Waals surface area contributed by atoms with E-state index in [1.807, 2.05) is 6.08 Å². The van der Waals surface area contributed by atoms with Gasteiger partial charge in [-0.15, -0.1) is 0 Å². The van der Waals surface area contributed by atoms with Crippen LogP contribution in [0.4, 0.5) is 5.82 Å². The van der Waals surface area contributed by atoms with Gasteiger partial charge in [0.1, 0.15) is 0 Å². The van der Waals surface area contributed by atoms with Crippen LogP contribution >= 0.6 is 11.6 Å². The molecule has 114 valence electrons. The Bertz CT molecular complexity index is 783. The van der Waals surface area contributed by atoms with Gasteiger partial charge in [-0.2, -0.15) is 5.10 Å². The number of nitrogens with one attached hydrogen (secondary N) is 2. The Hall–Kier alpha value is -2.34. The summed E-state index contributed by atoms with van der Waals surface area (Å²) in [7, 11) is 0. The zero-order chi connectivity index (χ0) is 15.7. The summed E-state index contributed by atoms with van der Waals surface area (Å²) < 4.78 is 0. The molecule has 0 saturated heterocycles. The molecule has 22 heavy (non-hydrogen) atoms. The van der Waals surface area contributed by atoms with Crippen LogP contribution in [-0.2, 0) is 9.59 Å². The first kappa shape index (κ1) is 14.6. The van der Waals surface area contributed by atoms with Crippen LogP contribution in [0.3, 0.4) is 0 Å². The molecule has 0 aliphatic heterocycles.